The Labute approximate surface area is 164 Å². The quantitative estimate of drug-likeness (QED) is 0.712. The molecule has 8 nitrogen and oxygen atoms in total. The van der Waals surface area contributed by atoms with E-state index in [1.807, 2.05) is 53.0 Å². The highest BCUT2D eigenvalue weighted by atomic mass is 16.2. The second-order valence-electron chi connectivity index (χ2n) is 7.12. The Morgan fingerprint density at radius 1 is 1.29 bits per heavy atom. The molecule has 1 unspecified atom stereocenters. The Kier molecular flexibility index (Phi) is 5.36. The topological polar surface area (TPSA) is 91.7 Å². The van der Waals surface area contributed by atoms with Crippen molar-refractivity contribution in [2.45, 2.75) is 25.2 Å². The summed E-state index contributed by atoms with van der Waals surface area (Å²) < 4.78 is 1.83. The first kappa shape index (κ1) is 18.2. The van der Waals surface area contributed by atoms with Gasteiger partial charge in [0.15, 0.2) is 5.82 Å². The molecule has 0 aliphatic carbocycles. The number of likely N-dealkylation sites (tertiary alicyclic amines) is 1. The third kappa shape index (κ3) is 4.05. The first-order valence-corrected chi connectivity index (χ1v) is 9.68. The zero-order valence-corrected chi connectivity index (χ0v) is 16.0. The van der Waals surface area contributed by atoms with Gasteiger partial charge >= 0.3 is 6.03 Å². The third-order valence-electron chi connectivity index (χ3n) is 5.21. The van der Waals surface area contributed by atoms with Crippen LogP contribution < -0.4 is 5.32 Å². The molecule has 1 aliphatic rings. The van der Waals surface area contributed by atoms with E-state index in [1.165, 1.54) is 0 Å². The molecule has 1 atom stereocenters. The highest BCUT2D eigenvalue weighted by Crippen LogP contribution is 2.26. The molecular formula is C20H25N7O. The average Bonchev–Trinajstić information content (AvgIpc) is 3.38. The summed E-state index contributed by atoms with van der Waals surface area (Å²) in [6.45, 7) is 2.02. The molecule has 0 saturated carbocycles. The van der Waals surface area contributed by atoms with Crippen LogP contribution in [0.2, 0.25) is 0 Å². The zero-order valence-electron chi connectivity index (χ0n) is 16.0. The van der Waals surface area contributed by atoms with Crippen LogP contribution in [0.5, 0.6) is 0 Å². The Bertz CT molecular complexity index is 918. The number of carbonyl (C=O) groups is 1. The molecule has 1 aromatic carbocycles. The number of carbonyl (C=O) groups excluding carboxylic acids is 1. The van der Waals surface area contributed by atoms with Gasteiger partial charge in [0.1, 0.15) is 5.82 Å². The van der Waals surface area contributed by atoms with Crippen LogP contribution in [0.3, 0.4) is 0 Å². The maximum absolute atomic E-state index is 12.6. The molecule has 1 saturated heterocycles. The van der Waals surface area contributed by atoms with E-state index < -0.39 is 0 Å². The fourth-order valence-electron chi connectivity index (χ4n) is 3.61. The van der Waals surface area contributed by atoms with Crippen LogP contribution in [0.15, 0.2) is 42.6 Å². The molecule has 0 bridgehead atoms. The smallest absolute Gasteiger partial charge is 0.317 e. The summed E-state index contributed by atoms with van der Waals surface area (Å²) in [6, 6.07) is 11.9. The number of benzene rings is 1. The SMILES string of the molecule is Cn1nccc1CCNC(=O)N1CCCC(c2nc(-c3ccccc3)n[nH]2)C1. The lowest BCUT2D eigenvalue weighted by atomic mass is 9.97. The number of aromatic amines is 1. The minimum atomic E-state index is -0.0188. The number of hydrogen-bond acceptors (Lipinski definition) is 4. The predicted octanol–water partition coefficient (Wildman–Crippen LogP) is 2.34. The fraction of sp³-hybridized carbons (Fsp3) is 0.400. The number of rotatable bonds is 5. The molecule has 1 aliphatic heterocycles. The van der Waals surface area contributed by atoms with E-state index in [2.05, 4.69) is 25.6 Å². The van der Waals surface area contributed by atoms with Gasteiger partial charge in [-0.2, -0.15) is 10.2 Å². The van der Waals surface area contributed by atoms with Crippen molar-refractivity contribution >= 4 is 6.03 Å². The number of nitrogens with one attached hydrogen (secondary N) is 2. The van der Waals surface area contributed by atoms with Gasteiger partial charge in [0.2, 0.25) is 0 Å². The highest BCUT2D eigenvalue weighted by molar-refractivity contribution is 5.74. The number of H-pyrrole nitrogens is 1. The Morgan fingerprint density at radius 2 is 2.14 bits per heavy atom. The van der Waals surface area contributed by atoms with Gasteiger partial charge in [-0.1, -0.05) is 30.3 Å². The average molecular weight is 379 g/mol. The van der Waals surface area contributed by atoms with Crippen molar-refractivity contribution in [3.8, 4) is 11.4 Å². The lowest BCUT2D eigenvalue weighted by molar-refractivity contribution is 0.178. The van der Waals surface area contributed by atoms with Crippen LogP contribution in [0.4, 0.5) is 4.79 Å². The van der Waals surface area contributed by atoms with Gasteiger partial charge in [-0.05, 0) is 18.9 Å². The number of urea groups is 1. The molecule has 2 N–H and O–H groups in total. The van der Waals surface area contributed by atoms with Crippen LogP contribution >= 0.6 is 0 Å². The Hall–Kier alpha value is -3.16. The van der Waals surface area contributed by atoms with E-state index in [9.17, 15) is 4.79 Å². The monoisotopic (exact) mass is 379 g/mol. The van der Waals surface area contributed by atoms with Crippen LogP contribution in [-0.2, 0) is 13.5 Å². The molecule has 0 spiro atoms. The van der Waals surface area contributed by atoms with Crippen molar-refractivity contribution in [3.63, 3.8) is 0 Å². The van der Waals surface area contributed by atoms with Crippen molar-refractivity contribution in [3.05, 3.63) is 54.1 Å². The van der Waals surface area contributed by atoms with Crippen LogP contribution in [-0.4, -0.2) is 55.5 Å². The van der Waals surface area contributed by atoms with E-state index in [-0.39, 0.29) is 11.9 Å². The van der Waals surface area contributed by atoms with Crippen molar-refractivity contribution < 1.29 is 4.79 Å². The predicted molar refractivity (Wildman–Crippen MR) is 106 cm³/mol. The molecule has 3 aromatic rings. The van der Waals surface area contributed by atoms with Gasteiger partial charge in [0, 0.05) is 56.5 Å². The largest absolute Gasteiger partial charge is 0.338 e. The fourth-order valence-corrected chi connectivity index (χ4v) is 3.61. The molecule has 0 radical (unpaired) electrons. The van der Waals surface area contributed by atoms with Crippen molar-refractivity contribution in [2.24, 2.45) is 7.05 Å². The van der Waals surface area contributed by atoms with Crippen LogP contribution in [0.25, 0.3) is 11.4 Å². The summed E-state index contributed by atoms with van der Waals surface area (Å²) in [4.78, 5) is 19.1. The lowest BCUT2D eigenvalue weighted by Crippen LogP contribution is -2.45. The number of hydrogen-bond donors (Lipinski definition) is 2. The van der Waals surface area contributed by atoms with E-state index in [0.29, 0.717) is 18.9 Å². The normalized spacial score (nSPS) is 16.9. The van der Waals surface area contributed by atoms with E-state index >= 15 is 0 Å². The van der Waals surface area contributed by atoms with Gasteiger partial charge in [0.05, 0.1) is 0 Å². The van der Waals surface area contributed by atoms with E-state index in [1.54, 1.807) is 6.20 Å². The van der Waals surface area contributed by atoms with E-state index in [4.69, 9.17) is 0 Å². The number of aromatic nitrogens is 5. The molecule has 8 heteroatoms. The highest BCUT2D eigenvalue weighted by Gasteiger charge is 2.27. The minimum absolute atomic E-state index is 0.0188. The van der Waals surface area contributed by atoms with Crippen molar-refractivity contribution in [1.82, 2.24) is 35.2 Å². The number of amides is 2. The molecule has 1 fully saturated rings. The standard InChI is InChI=1S/C20H25N7O/c1-26-17(10-12-22-26)9-11-21-20(28)27-13-5-8-16(14-27)19-23-18(24-25-19)15-6-3-2-4-7-15/h2-4,6-7,10,12,16H,5,8-9,11,13-14H2,1H3,(H,21,28)(H,23,24,25). The van der Waals surface area contributed by atoms with Gasteiger partial charge in [-0.3, -0.25) is 9.78 Å². The Balaban J connectivity index is 1.33. The molecule has 146 valence electrons. The molecule has 4 rings (SSSR count). The summed E-state index contributed by atoms with van der Waals surface area (Å²) in [7, 11) is 1.91. The van der Waals surface area contributed by atoms with Crippen molar-refractivity contribution in [2.75, 3.05) is 19.6 Å². The lowest BCUT2D eigenvalue weighted by Gasteiger charge is -2.31. The van der Waals surface area contributed by atoms with Gasteiger partial charge < -0.3 is 10.2 Å². The molecule has 2 amide bonds. The summed E-state index contributed by atoms with van der Waals surface area (Å²) in [5.41, 5.74) is 2.09. The molecule has 2 aromatic heterocycles. The summed E-state index contributed by atoms with van der Waals surface area (Å²) >= 11 is 0. The molecule has 28 heavy (non-hydrogen) atoms. The number of piperidine rings is 1. The first-order valence-electron chi connectivity index (χ1n) is 9.68. The maximum Gasteiger partial charge on any atom is 0.317 e. The van der Waals surface area contributed by atoms with Gasteiger partial charge in [-0.15, -0.1) is 0 Å². The number of aryl methyl sites for hydroxylation is 1. The van der Waals surface area contributed by atoms with Crippen molar-refractivity contribution in [1.29, 1.82) is 0 Å². The maximum atomic E-state index is 12.6. The van der Waals surface area contributed by atoms with Gasteiger partial charge in [-0.25, -0.2) is 9.78 Å². The van der Waals surface area contributed by atoms with Crippen LogP contribution in [0, 0.1) is 0 Å². The number of nitrogens with zero attached hydrogens (tertiary/aromatic N) is 5. The summed E-state index contributed by atoms with van der Waals surface area (Å²) in [6.07, 6.45) is 4.50. The first-order chi connectivity index (χ1) is 13.7. The molecular weight excluding hydrogens is 354 g/mol. The zero-order chi connectivity index (χ0) is 19.3. The third-order valence-corrected chi connectivity index (χ3v) is 5.21. The van der Waals surface area contributed by atoms with Gasteiger partial charge in [0.25, 0.3) is 0 Å². The van der Waals surface area contributed by atoms with E-state index in [0.717, 1.165) is 42.9 Å². The summed E-state index contributed by atoms with van der Waals surface area (Å²) in [5, 5.41) is 14.6. The second kappa shape index (κ2) is 8.24. The van der Waals surface area contributed by atoms with Crippen LogP contribution in [0.1, 0.15) is 30.3 Å². The minimum Gasteiger partial charge on any atom is -0.338 e. The second-order valence-corrected chi connectivity index (χ2v) is 7.12. The molecule has 3 heterocycles. The Morgan fingerprint density at radius 3 is 2.93 bits per heavy atom. The summed E-state index contributed by atoms with van der Waals surface area (Å²) in [5.74, 6) is 1.74.